The van der Waals surface area contributed by atoms with Gasteiger partial charge in [-0.1, -0.05) is 30.3 Å². The Balaban J connectivity index is 1.89. The van der Waals surface area contributed by atoms with Crippen molar-refractivity contribution in [1.82, 2.24) is 15.4 Å². The predicted octanol–water partition coefficient (Wildman–Crippen LogP) is 3.36. The normalized spacial score (nSPS) is 11.1. The molecule has 0 saturated heterocycles. The van der Waals surface area contributed by atoms with Crippen molar-refractivity contribution in [3.8, 4) is 11.3 Å². The van der Waals surface area contributed by atoms with Crippen LogP contribution in [-0.4, -0.2) is 21.6 Å². The van der Waals surface area contributed by atoms with Gasteiger partial charge >= 0.3 is 0 Å². The Labute approximate surface area is 115 Å². The number of hydrogen-bond donors (Lipinski definition) is 1. The van der Waals surface area contributed by atoms with E-state index < -0.39 is 0 Å². The standard InChI is InChI=1S/C15H11FN4/c16-12-6-8-13(9-7-12)17-10-14-15(19-20-18-14)11-4-2-1-3-5-11/h1-10H,(H,18,19,20). The lowest BCUT2D eigenvalue weighted by molar-refractivity contribution is 0.628. The summed E-state index contributed by atoms with van der Waals surface area (Å²) < 4.78 is 12.8. The zero-order valence-electron chi connectivity index (χ0n) is 10.5. The Morgan fingerprint density at radius 1 is 0.950 bits per heavy atom. The molecular weight excluding hydrogens is 255 g/mol. The van der Waals surface area contributed by atoms with Crippen LogP contribution in [0.15, 0.2) is 59.6 Å². The Hall–Kier alpha value is -2.82. The fraction of sp³-hybridized carbons (Fsp3) is 0. The van der Waals surface area contributed by atoms with Crippen LogP contribution in [-0.2, 0) is 0 Å². The third-order valence-electron chi connectivity index (χ3n) is 2.78. The third-order valence-corrected chi connectivity index (χ3v) is 2.78. The van der Waals surface area contributed by atoms with E-state index in [0.29, 0.717) is 11.4 Å². The van der Waals surface area contributed by atoms with Crippen LogP contribution in [0.4, 0.5) is 10.1 Å². The Bertz CT molecular complexity index is 717. The van der Waals surface area contributed by atoms with Crippen molar-refractivity contribution in [1.29, 1.82) is 0 Å². The molecule has 0 atom stereocenters. The molecule has 0 radical (unpaired) electrons. The highest BCUT2D eigenvalue weighted by molar-refractivity contribution is 5.87. The largest absolute Gasteiger partial charge is 0.254 e. The minimum absolute atomic E-state index is 0.282. The van der Waals surface area contributed by atoms with Gasteiger partial charge in [0.2, 0.25) is 0 Å². The van der Waals surface area contributed by atoms with Gasteiger partial charge in [0.25, 0.3) is 0 Å². The molecule has 0 saturated carbocycles. The van der Waals surface area contributed by atoms with Gasteiger partial charge in [-0.25, -0.2) is 4.39 Å². The van der Waals surface area contributed by atoms with Gasteiger partial charge < -0.3 is 0 Å². The lowest BCUT2D eigenvalue weighted by Crippen LogP contribution is -1.86. The van der Waals surface area contributed by atoms with Crippen LogP contribution in [0, 0.1) is 5.82 Å². The number of H-pyrrole nitrogens is 1. The predicted molar refractivity (Wildman–Crippen MR) is 75.5 cm³/mol. The zero-order valence-corrected chi connectivity index (χ0v) is 10.5. The van der Waals surface area contributed by atoms with Crippen molar-refractivity contribution in [2.24, 2.45) is 4.99 Å². The van der Waals surface area contributed by atoms with E-state index in [1.165, 1.54) is 12.1 Å². The first-order chi connectivity index (χ1) is 9.83. The first-order valence-electron chi connectivity index (χ1n) is 6.09. The third kappa shape index (κ3) is 2.61. The topological polar surface area (TPSA) is 53.9 Å². The second-order valence-corrected chi connectivity index (χ2v) is 4.16. The van der Waals surface area contributed by atoms with Crippen LogP contribution >= 0.6 is 0 Å². The first-order valence-corrected chi connectivity index (χ1v) is 6.09. The molecule has 0 aliphatic carbocycles. The number of hydrogen-bond acceptors (Lipinski definition) is 3. The molecule has 0 aliphatic rings. The zero-order chi connectivity index (χ0) is 13.8. The van der Waals surface area contributed by atoms with Gasteiger partial charge in [-0.3, -0.25) is 4.99 Å². The monoisotopic (exact) mass is 266 g/mol. The number of halogens is 1. The number of rotatable bonds is 3. The Kier molecular flexibility index (Phi) is 3.33. The van der Waals surface area contributed by atoms with Crippen molar-refractivity contribution in [3.05, 3.63) is 66.1 Å². The van der Waals surface area contributed by atoms with Crippen molar-refractivity contribution in [2.75, 3.05) is 0 Å². The molecule has 0 aliphatic heterocycles. The maximum absolute atomic E-state index is 12.8. The number of nitrogens with one attached hydrogen (secondary N) is 1. The minimum Gasteiger partial charge on any atom is -0.254 e. The van der Waals surface area contributed by atoms with Crippen LogP contribution in [0.5, 0.6) is 0 Å². The minimum atomic E-state index is -0.282. The van der Waals surface area contributed by atoms with Crippen molar-refractivity contribution < 1.29 is 4.39 Å². The highest BCUT2D eigenvalue weighted by Gasteiger charge is 2.07. The summed E-state index contributed by atoms with van der Waals surface area (Å²) in [6.07, 6.45) is 1.61. The number of aromatic amines is 1. The average Bonchev–Trinajstić information content (AvgIpc) is 2.96. The molecule has 4 nitrogen and oxygen atoms in total. The van der Waals surface area contributed by atoms with E-state index in [0.717, 1.165) is 11.3 Å². The number of benzene rings is 2. The molecule has 0 spiro atoms. The van der Waals surface area contributed by atoms with E-state index in [-0.39, 0.29) is 5.82 Å². The van der Waals surface area contributed by atoms with Crippen LogP contribution in [0.2, 0.25) is 0 Å². The summed E-state index contributed by atoms with van der Waals surface area (Å²) in [5.41, 5.74) is 2.99. The second-order valence-electron chi connectivity index (χ2n) is 4.16. The van der Waals surface area contributed by atoms with E-state index in [4.69, 9.17) is 0 Å². The first kappa shape index (κ1) is 12.2. The van der Waals surface area contributed by atoms with Gasteiger partial charge in [-0.15, -0.1) is 0 Å². The van der Waals surface area contributed by atoms with E-state index in [1.54, 1.807) is 18.3 Å². The van der Waals surface area contributed by atoms with E-state index >= 15 is 0 Å². The lowest BCUT2D eigenvalue weighted by Gasteiger charge is -1.96. The molecule has 0 unspecified atom stereocenters. The summed E-state index contributed by atoms with van der Waals surface area (Å²) in [6, 6.07) is 15.7. The van der Waals surface area contributed by atoms with Gasteiger partial charge in [0.05, 0.1) is 11.9 Å². The number of aromatic nitrogens is 3. The maximum Gasteiger partial charge on any atom is 0.131 e. The summed E-state index contributed by atoms with van der Waals surface area (Å²) in [5.74, 6) is -0.282. The SMILES string of the molecule is Fc1ccc(N=Cc2n[nH]nc2-c2ccccc2)cc1. The molecule has 98 valence electrons. The molecule has 2 aromatic carbocycles. The molecule has 1 heterocycles. The van der Waals surface area contributed by atoms with Gasteiger partial charge in [0, 0.05) is 5.56 Å². The number of aliphatic imine (C=N–C) groups is 1. The van der Waals surface area contributed by atoms with E-state index in [1.807, 2.05) is 30.3 Å². The highest BCUT2D eigenvalue weighted by Crippen LogP contribution is 2.18. The van der Waals surface area contributed by atoms with Crippen molar-refractivity contribution in [2.45, 2.75) is 0 Å². The summed E-state index contributed by atoms with van der Waals surface area (Å²) >= 11 is 0. The maximum atomic E-state index is 12.8. The molecule has 5 heteroatoms. The summed E-state index contributed by atoms with van der Waals surface area (Å²) in [4.78, 5) is 4.26. The molecule has 1 aromatic heterocycles. The Morgan fingerprint density at radius 3 is 2.45 bits per heavy atom. The fourth-order valence-corrected chi connectivity index (χ4v) is 1.80. The molecule has 0 bridgehead atoms. The summed E-state index contributed by atoms with van der Waals surface area (Å²) in [5, 5.41) is 10.8. The molecule has 3 aromatic rings. The molecule has 0 fully saturated rings. The van der Waals surface area contributed by atoms with Gasteiger partial charge in [0.15, 0.2) is 0 Å². The average molecular weight is 266 g/mol. The highest BCUT2D eigenvalue weighted by atomic mass is 19.1. The van der Waals surface area contributed by atoms with Gasteiger partial charge in [-0.2, -0.15) is 15.4 Å². The van der Waals surface area contributed by atoms with Crippen molar-refractivity contribution in [3.63, 3.8) is 0 Å². The van der Waals surface area contributed by atoms with E-state index in [9.17, 15) is 4.39 Å². The number of nitrogens with zero attached hydrogens (tertiary/aromatic N) is 3. The fourth-order valence-electron chi connectivity index (χ4n) is 1.80. The molecule has 3 rings (SSSR count). The van der Waals surface area contributed by atoms with Crippen LogP contribution < -0.4 is 0 Å². The van der Waals surface area contributed by atoms with Crippen LogP contribution in [0.3, 0.4) is 0 Å². The molecule has 20 heavy (non-hydrogen) atoms. The van der Waals surface area contributed by atoms with Crippen LogP contribution in [0.25, 0.3) is 11.3 Å². The van der Waals surface area contributed by atoms with Gasteiger partial charge in [0.1, 0.15) is 17.2 Å². The molecular formula is C15H11FN4. The van der Waals surface area contributed by atoms with Crippen molar-refractivity contribution >= 4 is 11.9 Å². The quantitative estimate of drug-likeness (QED) is 0.739. The smallest absolute Gasteiger partial charge is 0.131 e. The summed E-state index contributed by atoms with van der Waals surface area (Å²) in [7, 11) is 0. The Morgan fingerprint density at radius 2 is 1.70 bits per heavy atom. The van der Waals surface area contributed by atoms with Gasteiger partial charge in [-0.05, 0) is 24.3 Å². The molecule has 1 N–H and O–H groups in total. The lowest BCUT2D eigenvalue weighted by atomic mass is 10.1. The second kappa shape index (κ2) is 5.44. The van der Waals surface area contributed by atoms with E-state index in [2.05, 4.69) is 20.4 Å². The summed E-state index contributed by atoms with van der Waals surface area (Å²) in [6.45, 7) is 0. The van der Waals surface area contributed by atoms with Crippen LogP contribution in [0.1, 0.15) is 5.69 Å². The molecule has 0 amide bonds.